The molecule has 1 aromatic rings. The molecule has 0 aliphatic rings. The van der Waals surface area contributed by atoms with Crippen LogP contribution in [0.1, 0.15) is 18.2 Å². The van der Waals surface area contributed by atoms with Crippen molar-refractivity contribution in [3.8, 4) is 0 Å². The number of hydrogen-bond acceptors (Lipinski definition) is 5. The first-order valence-corrected chi connectivity index (χ1v) is 8.80. The van der Waals surface area contributed by atoms with Gasteiger partial charge < -0.3 is 5.11 Å². The fraction of sp³-hybridized carbons (Fsp3) is 0.600. The zero-order chi connectivity index (χ0) is 12.9. The van der Waals surface area contributed by atoms with E-state index in [1.54, 1.807) is 17.8 Å². The number of rotatable bonds is 7. The Morgan fingerprint density at radius 1 is 1.53 bits per heavy atom. The second kappa shape index (κ2) is 6.75. The van der Waals surface area contributed by atoms with Crippen LogP contribution in [-0.4, -0.2) is 31.6 Å². The van der Waals surface area contributed by atoms with Gasteiger partial charge in [0.05, 0.1) is 6.61 Å². The molecule has 7 heteroatoms. The van der Waals surface area contributed by atoms with Crippen LogP contribution in [-0.2, 0) is 16.6 Å². The Morgan fingerprint density at radius 3 is 2.76 bits per heavy atom. The van der Waals surface area contributed by atoms with Gasteiger partial charge in [-0.3, -0.25) is 0 Å². The average molecular weight is 295 g/mol. The lowest BCUT2D eigenvalue weighted by Crippen LogP contribution is -2.25. The SMILES string of the molecule is CSC(C)CCNS(=O)(=O)c1ccc(CO)s1. The standard InChI is InChI=1S/C10H17NO3S3/c1-8(15-2)5-6-11-17(13,14)10-4-3-9(7-12)16-10/h3-4,8,11-12H,5-7H2,1-2H3. The Morgan fingerprint density at radius 2 is 2.24 bits per heavy atom. The van der Waals surface area contributed by atoms with Gasteiger partial charge in [-0.25, -0.2) is 13.1 Å². The zero-order valence-electron chi connectivity index (χ0n) is 9.84. The van der Waals surface area contributed by atoms with Crippen LogP contribution in [0, 0.1) is 0 Å². The molecule has 1 aromatic heterocycles. The fourth-order valence-corrected chi connectivity index (χ4v) is 3.83. The minimum atomic E-state index is -3.41. The Balaban J connectivity index is 2.56. The molecule has 1 unspecified atom stereocenters. The Labute approximate surface area is 110 Å². The molecular formula is C10H17NO3S3. The predicted octanol–water partition coefficient (Wildman–Crippen LogP) is 1.66. The van der Waals surface area contributed by atoms with E-state index >= 15 is 0 Å². The van der Waals surface area contributed by atoms with Gasteiger partial charge in [-0.15, -0.1) is 11.3 Å². The third-order valence-electron chi connectivity index (χ3n) is 2.30. The Hall–Kier alpha value is -0.0800. The van der Waals surface area contributed by atoms with Gasteiger partial charge in [0.2, 0.25) is 10.0 Å². The van der Waals surface area contributed by atoms with E-state index in [1.807, 2.05) is 6.26 Å². The lowest BCUT2D eigenvalue weighted by atomic mass is 10.3. The van der Waals surface area contributed by atoms with Crippen molar-refractivity contribution in [3.63, 3.8) is 0 Å². The number of sulfonamides is 1. The molecule has 1 atom stereocenters. The highest BCUT2D eigenvalue weighted by Crippen LogP contribution is 2.21. The number of aliphatic hydroxyl groups excluding tert-OH is 1. The summed E-state index contributed by atoms with van der Waals surface area (Å²) in [5.74, 6) is 0. The van der Waals surface area contributed by atoms with E-state index in [0.717, 1.165) is 17.8 Å². The molecule has 17 heavy (non-hydrogen) atoms. The molecule has 0 saturated heterocycles. The van der Waals surface area contributed by atoms with Crippen molar-refractivity contribution in [2.24, 2.45) is 0 Å². The van der Waals surface area contributed by atoms with E-state index in [0.29, 0.717) is 16.7 Å². The molecule has 4 nitrogen and oxygen atoms in total. The molecule has 0 spiro atoms. The largest absolute Gasteiger partial charge is 0.391 e. The predicted molar refractivity (Wildman–Crippen MR) is 73.0 cm³/mol. The molecule has 1 rings (SSSR count). The Bertz CT molecular complexity index is 441. The van der Waals surface area contributed by atoms with Crippen LogP contribution < -0.4 is 4.72 Å². The molecule has 2 N–H and O–H groups in total. The van der Waals surface area contributed by atoms with Crippen LogP contribution in [0.5, 0.6) is 0 Å². The maximum atomic E-state index is 11.8. The van der Waals surface area contributed by atoms with E-state index in [1.165, 1.54) is 6.07 Å². The number of nitrogens with one attached hydrogen (secondary N) is 1. The van der Waals surface area contributed by atoms with Crippen molar-refractivity contribution in [2.45, 2.75) is 29.4 Å². The van der Waals surface area contributed by atoms with Gasteiger partial charge >= 0.3 is 0 Å². The zero-order valence-corrected chi connectivity index (χ0v) is 12.3. The molecule has 0 aliphatic carbocycles. The number of aliphatic hydroxyl groups is 1. The highest BCUT2D eigenvalue weighted by molar-refractivity contribution is 7.99. The summed E-state index contributed by atoms with van der Waals surface area (Å²) in [6.45, 7) is 2.38. The first-order chi connectivity index (χ1) is 7.99. The number of hydrogen-bond donors (Lipinski definition) is 2. The topological polar surface area (TPSA) is 66.4 Å². The average Bonchev–Trinajstić information content (AvgIpc) is 2.77. The van der Waals surface area contributed by atoms with Gasteiger partial charge in [0.1, 0.15) is 4.21 Å². The van der Waals surface area contributed by atoms with E-state index in [4.69, 9.17) is 5.11 Å². The van der Waals surface area contributed by atoms with Crippen molar-refractivity contribution in [2.75, 3.05) is 12.8 Å². The lowest BCUT2D eigenvalue weighted by molar-refractivity contribution is 0.285. The van der Waals surface area contributed by atoms with Crippen LogP contribution >= 0.6 is 23.1 Å². The maximum Gasteiger partial charge on any atom is 0.250 e. The van der Waals surface area contributed by atoms with Crippen molar-refractivity contribution in [1.29, 1.82) is 0 Å². The minimum absolute atomic E-state index is 0.121. The van der Waals surface area contributed by atoms with Crippen LogP contribution in [0.4, 0.5) is 0 Å². The van der Waals surface area contributed by atoms with Gasteiger partial charge in [0.15, 0.2) is 0 Å². The van der Waals surface area contributed by atoms with Crippen molar-refractivity contribution in [3.05, 3.63) is 17.0 Å². The number of thioether (sulfide) groups is 1. The van der Waals surface area contributed by atoms with Gasteiger partial charge in [-0.2, -0.15) is 11.8 Å². The first-order valence-electron chi connectivity index (χ1n) is 5.21. The first kappa shape index (κ1) is 15.0. The van der Waals surface area contributed by atoms with E-state index in [-0.39, 0.29) is 10.8 Å². The van der Waals surface area contributed by atoms with Gasteiger partial charge in [-0.05, 0) is 24.8 Å². The number of thiophene rings is 1. The van der Waals surface area contributed by atoms with Gasteiger partial charge in [-0.1, -0.05) is 6.92 Å². The molecule has 0 radical (unpaired) electrons. The van der Waals surface area contributed by atoms with Crippen LogP contribution in [0.25, 0.3) is 0 Å². The van der Waals surface area contributed by atoms with E-state index in [9.17, 15) is 8.42 Å². The summed E-state index contributed by atoms with van der Waals surface area (Å²) in [5.41, 5.74) is 0. The maximum absolute atomic E-state index is 11.8. The van der Waals surface area contributed by atoms with Crippen molar-refractivity contribution < 1.29 is 13.5 Å². The highest BCUT2D eigenvalue weighted by atomic mass is 32.2. The lowest BCUT2D eigenvalue weighted by Gasteiger charge is -2.08. The molecular weight excluding hydrogens is 278 g/mol. The smallest absolute Gasteiger partial charge is 0.250 e. The molecule has 1 heterocycles. The van der Waals surface area contributed by atoms with Gasteiger partial charge in [0, 0.05) is 16.7 Å². The molecule has 0 saturated carbocycles. The fourth-order valence-electron chi connectivity index (χ4n) is 1.17. The van der Waals surface area contributed by atoms with E-state index < -0.39 is 10.0 Å². The summed E-state index contributed by atoms with van der Waals surface area (Å²) in [6, 6.07) is 3.15. The van der Waals surface area contributed by atoms with Crippen molar-refractivity contribution in [1.82, 2.24) is 4.72 Å². The molecule has 98 valence electrons. The summed E-state index contributed by atoms with van der Waals surface area (Å²) in [6.07, 6.45) is 2.81. The Kier molecular flexibility index (Phi) is 5.94. The molecule has 0 aliphatic heterocycles. The second-order valence-corrected chi connectivity index (χ2v) is 8.05. The summed E-state index contributed by atoms with van der Waals surface area (Å²) < 4.78 is 26.5. The molecule has 0 fully saturated rings. The van der Waals surface area contributed by atoms with E-state index in [2.05, 4.69) is 11.6 Å². The molecule has 0 bridgehead atoms. The third kappa shape index (κ3) is 4.59. The van der Waals surface area contributed by atoms with Crippen molar-refractivity contribution >= 4 is 33.1 Å². The summed E-state index contributed by atoms with van der Waals surface area (Å²) in [7, 11) is -3.41. The molecule has 0 aromatic carbocycles. The van der Waals surface area contributed by atoms with Crippen LogP contribution in [0.3, 0.4) is 0 Å². The van der Waals surface area contributed by atoms with Crippen LogP contribution in [0.15, 0.2) is 16.3 Å². The quantitative estimate of drug-likeness (QED) is 0.803. The normalized spacial score (nSPS) is 13.8. The van der Waals surface area contributed by atoms with Crippen LogP contribution in [0.2, 0.25) is 0 Å². The second-order valence-electron chi connectivity index (χ2n) is 3.61. The third-order valence-corrected chi connectivity index (χ3v) is 6.37. The monoisotopic (exact) mass is 295 g/mol. The summed E-state index contributed by atoms with van der Waals surface area (Å²) in [4.78, 5) is 0.655. The highest BCUT2D eigenvalue weighted by Gasteiger charge is 2.16. The van der Waals surface area contributed by atoms with Gasteiger partial charge in [0.25, 0.3) is 0 Å². The minimum Gasteiger partial charge on any atom is -0.391 e. The molecule has 0 amide bonds. The summed E-state index contributed by atoms with van der Waals surface area (Å²) >= 11 is 2.81. The summed E-state index contributed by atoms with van der Waals surface area (Å²) in [5, 5.41) is 9.33.